The van der Waals surface area contributed by atoms with Crippen LogP contribution in [0.1, 0.15) is 74.1 Å². The van der Waals surface area contributed by atoms with Crippen LogP contribution in [0.15, 0.2) is 0 Å². The van der Waals surface area contributed by atoms with Crippen LogP contribution >= 0.6 is 0 Å². The van der Waals surface area contributed by atoms with Crippen molar-refractivity contribution in [1.29, 1.82) is 0 Å². The number of fused-ring (bicyclic) bond motifs is 1. The fourth-order valence-electron chi connectivity index (χ4n) is 4.98. The lowest BCUT2D eigenvalue weighted by atomic mass is 9.88. The molecule has 0 aliphatic heterocycles. The highest BCUT2D eigenvalue weighted by atomic mass is 16.2. The summed E-state index contributed by atoms with van der Waals surface area (Å²) in [5, 5.41) is 8.61. The number of hydrogen-bond donors (Lipinski definition) is 1. The highest BCUT2D eigenvalue weighted by Gasteiger charge is 2.30. The lowest BCUT2D eigenvalue weighted by Crippen LogP contribution is -2.40. The van der Waals surface area contributed by atoms with Crippen LogP contribution < -0.4 is 5.32 Å². The van der Waals surface area contributed by atoms with Crippen molar-refractivity contribution >= 4 is 5.91 Å². The molecule has 0 spiro atoms. The highest BCUT2D eigenvalue weighted by molar-refractivity contribution is 5.93. The van der Waals surface area contributed by atoms with Crippen LogP contribution in [0.4, 0.5) is 0 Å². The van der Waals surface area contributed by atoms with E-state index in [0.717, 1.165) is 57.9 Å². The third-order valence-electron chi connectivity index (χ3n) is 6.87. The fourth-order valence-corrected chi connectivity index (χ4v) is 4.98. The Labute approximate surface area is 177 Å². The highest BCUT2D eigenvalue weighted by Crippen LogP contribution is 2.29. The molecule has 6 nitrogen and oxygen atoms in total. The SMILES string of the molecule is CCN(CC)CCN[C@@H]1CCc2c(c(C(=O)N(C)C)nn2CC2CCCCC2)C1. The maximum atomic E-state index is 12.8. The first-order valence-corrected chi connectivity index (χ1v) is 11.8. The van der Waals surface area contributed by atoms with E-state index in [9.17, 15) is 4.79 Å². The first-order chi connectivity index (χ1) is 14.0. The maximum Gasteiger partial charge on any atom is 0.274 e. The summed E-state index contributed by atoms with van der Waals surface area (Å²) in [4.78, 5) is 17.0. The minimum atomic E-state index is 0.0486. The molecule has 1 aromatic rings. The summed E-state index contributed by atoms with van der Waals surface area (Å²) >= 11 is 0. The van der Waals surface area contributed by atoms with E-state index in [1.807, 2.05) is 14.1 Å². The van der Waals surface area contributed by atoms with Crippen molar-refractivity contribution < 1.29 is 4.79 Å². The lowest BCUT2D eigenvalue weighted by molar-refractivity contribution is 0.0819. The number of rotatable bonds is 9. The van der Waals surface area contributed by atoms with Crippen LogP contribution in [0.25, 0.3) is 0 Å². The summed E-state index contributed by atoms with van der Waals surface area (Å²) in [6, 6.07) is 0.444. The Balaban J connectivity index is 1.71. The van der Waals surface area contributed by atoms with Crippen molar-refractivity contribution in [3.05, 3.63) is 17.0 Å². The number of aromatic nitrogens is 2. The molecule has 164 valence electrons. The van der Waals surface area contributed by atoms with Crippen molar-refractivity contribution in [2.24, 2.45) is 5.92 Å². The van der Waals surface area contributed by atoms with Gasteiger partial charge in [0.15, 0.2) is 5.69 Å². The van der Waals surface area contributed by atoms with Crippen LogP contribution in [-0.2, 0) is 19.4 Å². The first-order valence-electron chi connectivity index (χ1n) is 11.8. The minimum Gasteiger partial charge on any atom is -0.343 e. The smallest absolute Gasteiger partial charge is 0.274 e. The van der Waals surface area contributed by atoms with Gasteiger partial charge in [-0.15, -0.1) is 0 Å². The second-order valence-electron chi connectivity index (χ2n) is 9.08. The predicted molar refractivity (Wildman–Crippen MR) is 118 cm³/mol. The second kappa shape index (κ2) is 10.6. The van der Waals surface area contributed by atoms with Crippen molar-refractivity contribution in [1.82, 2.24) is 24.9 Å². The standard InChI is InChI=1S/C23H41N5O/c1-5-27(6-2)15-14-24-19-12-13-21-20(16-19)22(23(29)26(3)4)25-28(21)17-18-10-8-7-9-11-18/h18-19,24H,5-17H2,1-4H3/t19-/m1/s1. The van der Waals surface area contributed by atoms with E-state index in [-0.39, 0.29) is 5.91 Å². The normalized spacial score (nSPS) is 20.1. The van der Waals surface area contributed by atoms with Crippen LogP contribution in [0.3, 0.4) is 0 Å². The van der Waals surface area contributed by atoms with Gasteiger partial charge in [0.2, 0.25) is 0 Å². The molecule has 2 aliphatic rings. The average molecular weight is 404 g/mol. The van der Waals surface area contributed by atoms with E-state index in [2.05, 4.69) is 28.7 Å². The van der Waals surface area contributed by atoms with Gasteiger partial charge in [-0.3, -0.25) is 9.48 Å². The molecular formula is C23H41N5O. The van der Waals surface area contributed by atoms with Gasteiger partial charge in [0, 0.05) is 51.0 Å². The molecule has 6 heteroatoms. The van der Waals surface area contributed by atoms with E-state index >= 15 is 0 Å². The van der Waals surface area contributed by atoms with E-state index < -0.39 is 0 Å². The maximum absolute atomic E-state index is 12.8. The number of hydrogen-bond acceptors (Lipinski definition) is 4. The molecule has 3 rings (SSSR count). The predicted octanol–water partition coefficient (Wildman–Crippen LogP) is 2.95. The van der Waals surface area contributed by atoms with Gasteiger partial charge in [0.05, 0.1) is 0 Å². The Bertz CT molecular complexity index is 658. The van der Waals surface area contributed by atoms with Gasteiger partial charge in [-0.1, -0.05) is 33.1 Å². The van der Waals surface area contributed by atoms with Gasteiger partial charge in [-0.25, -0.2) is 0 Å². The summed E-state index contributed by atoms with van der Waals surface area (Å²) in [5.74, 6) is 0.771. The molecule has 1 heterocycles. The molecular weight excluding hydrogens is 362 g/mol. The van der Waals surface area contributed by atoms with Gasteiger partial charge in [-0.2, -0.15) is 5.10 Å². The van der Waals surface area contributed by atoms with Gasteiger partial charge < -0.3 is 15.1 Å². The van der Waals surface area contributed by atoms with Crippen LogP contribution in [-0.4, -0.2) is 71.8 Å². The zero-order chi connectivity index (χ0) is 20.8. The largest absolute Gasteiger partial charge is 0.343 e. The van der Waals surface area contributed by atoms with Crippen LogP contribution in [0.2, 0.25) is 0 Å². The van der Waals surface area contributed by atoms with Crippen LogP contribution in [0.5, 0.6) is 0 Å². The Kier molecular flexibility index (Phi) is 8.13. The molecule has 0 radical (unpaired) electrons. The zero-order valence-electron chi connectivity index (χ0n) is 19.0. The van der Waals surface area contributed by atoms with E-state index in [1.54, 1.807) is 4.90 Å². The van der Waals surface area contributed by atoms with E-state index in [0.29, 0.717) is 11.7 Å². The van der Waals surface area contributed by atoms with Gasteiger partial charge in [0.25, 0.3) is 5.91 Å². The molecule has 1 fully saturated rings. The topological polar surface area (TPSA) is 53.4 Å². The van der Waals surface area contributed by atoms with Crippen molar-refractivity contribution in [3.63, 3.8) is 0 Å². The Morgan fingerprint density at radius 1 is 1.14 bits per heavy atom. The Hall–Kier alpha value is -1.40. The number of nitrogens with one attached hydrogen (secondary N) is 1. The van der Waals surface area contributed by atoms with E-state index in [4.69, 9.17) is 5.10 Å². The minimum absolute atomic E-state index is 0.0486. The fraction of sp³-hybridized carbons (Fsp3) is 0.826. The van der Waals surface area contributed by atoms with Crippen molar-refractivity contribution in [2.75, 3.05) is 40.3 Å². The number of carbonyl (C=O) groups excluding carboxylic acids is 1. The molecule has 1 saturated carbocycles. The molecule has 0 saturated heterocycles. The molecule has 29 heavy (non-hydrogen) atoms. The third-order valence-corrected chi connectivity index (χ3v) is 6.87. The molecule has 1 N–H and O–H groups in total. The number of carbonyl (C=O) groups is 1. The molecule has 2 aliphatic carbocycles. The van der Waals surface area contributed by atoms with Crippen LogP contribution in [0, 0.1) is 5.92 Å². The summed E-state index contributed by atoms with van der Waals surface area (Å²) in [6.07, 6.45) is 9.76. The summed E-state index contributed by atoms with van der Waals surface area (Å²) in [7, 11) is 3.66. The number of amides is 1. The zero-order valence-corrected chi connectivity index (χ0v) is 19.0. The second-order valence-corrected chi connectivity index (χ2v) is 9.08. The van der Waals surface area contributed by atoms with Crippen molar-refractivity contribution in [3.8, 4) is 0 Å². The summed E-state index contributed by atoms with van der Waals surface area (Å²) < 4.78 is 2.20. The average Bonchev–Trinajstić information content (AvgIpc) is 3.09. The van der Waals surface area contributed by atoms with Gasteiger partial charge in [-0.05, 0) is 51.1 Å². The molecule has 1 aromatic heterocycles. The molecule has 0 unspecified atom stereocenters. The third kappa shape index (κ3) is 5.60. The Morgan fingerprint density at radius 2 is 1.86 bits per heavy atom. The number of likely N-dealkylation sites (N-methyl/N-ethyl adjacent to an activating group) is 1. The lowest BCUT2D eigenvalue weighted by Gasteiger charge is -2.27. The van der Waals surface area contributed by atoms with Gasteiger partial charge in [0.1, 0.15) is 0 Å². The molecule has 1 amide bonds. The molecule has 0 aromatic carbocycles. The van der Waals surface area contributed by atoms with Crippen molar-refractivity contribution in [2.45, 2.75) is 77.8 Å². The first kappa shape index (κ1) is 22.3. The molecule has 1 atom stereocenters. The van der Waals surface area contributed by atoms with Gasteiger partial charge >= 0.3 is 0 Å². The molecule has 0 bridgehead atoms. The van der Waals surface area contributed by atoms with E-state index in [1.165, 1.54) is 43.4 Å². The summed E-state index contributed by atoms with van der Waals surface area (Å²) in [5.41, 5.74) is 3.21. The number of nitrogens with zero attached hydrogens (tertiary/aromatic N) is 4. The Morgan fingerprint density at radius 3 is 2.52 bits per heavy atom. The quantitative estimate of drug-likeness (QED) is 0.689. The summed E-state index contributed by atoms with van der Waals surface area (Å²) in [6.45, 7) is 9.72. The monoisotopic (exact) mass is 403 g/mol.